The number of rotatable bonds is 5. The molecule has 0 radical (unpaired) electrons. The number of fused-ring (bicyclic) bond motifs is 2. The highest BCUT2D eigenvalue weighted by atomic mass is 16.5. The Morgan fingerprint density at radius 3 is 2.57 bits per heavy atom. The van der Waals surface area contributed by atoms with E-state index in [1.54, 1.807) is 20.4 Å². The number of anilines is 3. The Bertz CT molecular complexity index is 1560. The number of benzene rings is 3. The first-order chi connectivity index (χ1) is 16.9. The molecule has 0 aliphatic rings. The van der Waals surface area contributed by atoms with E-state index >= 15 is 0 Å². The van der Waals surface area contributed by atoms with Crippen LogP contribution in [0, 0.1) is 6.92 Å². The van der Waals surface area contributed by atoms with E-state index in [0.29, 0.717) is 11.5 Å². The number of hydrogen-bond acceptors (Lipinski definition) is 6. The van der Waals surface area contributed by atoms with Crippen LogP contribution in [0.5, 0.6) is 11.5 Å². The lowest BCUT2D eigenvalue weighted by Gasteiger charge is -2.14. The number of aromatic nitrogens is 4. The number of nitrogens with one attached hydrogen (secondary N) is 2. The summed E-state index contributed by atoms with van der Waals surface area (Å²) in [6, 6.07) is 17.1. The van der Waals surface area contributed by atoms with Crippen molar-refractivity contribution in [3.63, 3.8) is 0 Å². The highest BCUT2D eigenvalue weighted by molar-refractivity contribution is 5.96. The van der Waals surface area contributed by atoms with Gasteiger partial charge in [-0.05, 0) is 61.0 Å². The highest BCUT2D eigenvalue weighted by Crippen LogP contribution is 2.31. The quantitative estimate of drug-likeness (QED) is 0.357. The van der Waals surface area contributed by atoms with Crippen LogP contribution in [0.25, 0.3) is 21.9 Å². The summed E-state index contributed by atoms with van der Waals surface area (Å²) >= 11 is 0. The molecule has 0 bridgehead atoms. The highest BCUT2D eigenvalue weighted by Gasteiger charge is 2.10. The van der Waals surface area contributed by atoms with Crippen LogP contribution in [0.15, 0.2) is 67.3 Å². The number of imidazole rings is 1. The molecule has 0 aliphatic heterocycles. The zero-order valence-electron chi connectivity index (χ0n) is 19.9. The third kappa shape index (κ3) is 4.56. The van der Waals surface area contributed by atoms with Gasteiger partial charge in [-0.15, -0.1) is 0 Å². The number of ether oxygens (including phenoxy) is 1. The van der Waals surface area contributed by atoms with Crippen molar-refractivity contribution in [3.8, 4) is 11.5 Å². The number of carbonyl (C=O) groups is 1. The Kier molecular flexibility index (Phi) is 5.66. The van der Waals surface area contributed by atoms with Gasteiger partial charge in [0, 0.05) is 44.0 Å². The first kappa shape index (κ1) is 22.1. The second-order valence-corrected chi connectivity index (χ2v) is 8.49. The van der Waals surface area contributed by atoms with E-state index in [-0.39, 0.29) is 6.03 Å². The first-order valence-corrected chi connectivity index (χ1v) is 11.1. The van der Waals surface area contributed by atoms with Crippen LogP contribution in [0.1, 0.15) is 5.56 Å². The van der Waals surface area contributed by atoms with E-state index in [0.717, 1.165) is 44.7 Å². The van der Waals surface area contributed by atoms with Crippen molar-refractivity contribution in [2.75, 3.05) is 24.7 Å². The summed E-state index contributed by atoms with van der Waals surface area (Å²) in [7, 11) is 5.35. The number of carbonyl (C=O) groups excluding carboxylic acids is 1. The molecule has 176 valence electrons. The van der Waals surface area contributed by atoms with Gasteiger partial charge in [0.15, 0.2) is 0 Å². The van der Waals surface area contributed by atoms with Gasteiger partial charge in [-0.3, -0.25) is 0 Å². The predicted molar refractivity (Wildman–Crippen MR) is 137 cm³/mol. The molecule has 0 saturated heterocycles. The Morgan fingerprint density at radius 1 is 0.943 bits per heavy atom. The van der Waals surface area contributed by atoms with E-state index in [1.165, 1.54) is 11.2 Å². The van der Waals surface area contributed by atoms with Crippen molar-refractivity contribution in [2.45, 2.75) is 6.92 Å². The summed E-state index contributed by atoms with van der Waals surface area (Å²) in [5.41, 5.74) is 5.20. The third-order valence-electron chi connectivity index (χ3n) is 5.66. The van der Waals surface area contributed by atoms with E-state index < -0.39 is 0 Å². The lowest BCUT2D eigenvalue weighted by molar-refractivity contribution is 0.230. The van der Waals surface area contributed by atoms with Gasteiger partial charge in [-0.25, -0.2) is 19.7 Å². The molecule has 0 atom stereocenters. The number of nitrogens with zero attached hydrogens (tertiary/aromatic N) is 5. The molecule has 35 heavy (non-hydrogen) atoms. The maximum absolute atomic E-state index is 12.0. The first-order valence-electron chi connectivity index (χ1n) is 11.1. The summed E-state index contributed by atoms with van der Waals surface area (Å²) in [5.74, 6) is 2.13. The van der Waals surface area contributed by atoms with Crippen LogP contribution in [-0.4, -0.2) is 44.5 Å². The van der Waals surface area contributed by atoms with Crippen LogP contribution >= 0.6 is 0 Å². The Hall–Kier alpha value is -4.66. The maximum atomic E-state index is 12.0. The van der Waals surface area contributed by atoms with Crippen molar-refractivity contribution in [2.24, 2.45) is 7.05 Å². The van der Waals surface area contributed by atoms with Crippen LogP contribution in [-0.2, 0) is 7.05 Å². The minimum Gasteiger partial charge on any atom is -0.457 e. The molecule has 0 aliphatic carbocycles. The van der Waals surface area contributed by atoms with E-state index in [9.17, 15) is 4.79 Å². The molecule has 2 aromatic heterocycles. The molecule has 2 N–H and O–H groups in total. The standard InChI is InChI=1S/C26H25N7O2/c1-16-11-17(6-10-24(16)35-19-7-9-23-22(13-19)29-15-33(23)4)30-25-20-12-18(31-26(34)32(2)3)5-8-21(20)27-14-28-25/h5-15H,1-4H3,(H,31,34)(H,27,28,30). The molecule has 5 aromatic rings. The lowest BCUT2D eigenvalue weighted by atomic mass is 10.1. The van der Waals surface area contributed by atoms with Gasteiger partial charge in [-0.2, -0.15) is 0 Å². The van der Waals surface area contributed by atoms with Crippen molar-refractivity contribution in [3.05, 3.63) is 72.8 Å². The van der Waals surface area contributed by atoms with Gasteiger partial charge in [0.05, 0.1) is 22.9 Å². The monoisotopic (exact) mass is 467 g/mol. The molecule has 5 rings (SSSR count). The fourth-order valence-electron chi connectivity index (χ4n) is 3.75. The molecular formula is C26H25N7O2. The van der Waals surface area contributed by atoms with E-state index in [4.69, 9.17) is 4.74 Å². The summed E-state index contributed by atoms with van der Waals surface area (Å²) in [6.07, 6.45) is 3.30. The molecule has 2 amide bonds. The summed E-state index contributed by atoms with van der Waals surface area (Å²) in [5, 5.41) is 7.02. The second kappa shape index (κ2) is 8.94. The number of urea groups is 1. The smallest absolute Gasteiger partial charge is 0.321 e. The van der Waals surface area contributed by atoms with Gasteiger partial charge in [0.1, 0.15) is 23.6 Å². The maximum Gasteiger partial charge on any atom is 0.321 e. The number of aryl methyl sites for hydroxylation is 2. The molecule has 2 heterocycles. The minimum atomic E-state index is -0.205. The van der Waals surface area contributed by atoms with Crippen LogP contribution in [0.4, 0.5) is 22.0 Å². The Labute approximate surface area is 202 Å². The largest absolute Gasteiger partial charge is 0.457 e. The fourth-order valence-corrected chi connectivity index (χ4v) is 3.75. The lowest BCUT2D eigenvalue weighted by Crippen LogP contribution is -2.27. The normalized spacial score (nSPS) is 11.0. The third-order valence-corrected chi connectivity index (χ3v) is 5.66. The predicted octanol–water partition coefficient (Wildman–Crippen LogP) is 5.45. The Morgan fingerprint density at radius 2 is 1.77 bits per heavy atom. The van der Waals surface area contributed by atoms with Gasteiger partial charge in [0.25, 0.3) is 0 Å². The summed E-state index contributed by atoms with van der Waals surface area (Å²) in [6.45, 7) is 1.99. The molecular weight excluding hydrogens is 442 g/mol. The van der Waals surface area contributed by atoms with Crippen LogP contribution in [0.3, 0.4) is 0 Å². The minimum absolute atomic E-state index is 0.205. The van der Waals surface area contributed by atoms with Gasteiger partial charge < -0.3 is 24.8 Å². The van der Waals surface area contributed by atoms with Crippen molar-refractivity contribution >= 4 is 45.2 Å². The number of amides is 2. The zero-order chi connectivity index (χ0) is 24.5. The van der Waals surface area contributed by atoms with Gasteiger partial charge in [0.2, 0.25) is 0 Å². The van der Waals surface area contributed by atoms with E-state index in [1.807, 2.05) is 73.1 Å². The molecule has 3 aromatic carbocycles. The van der Waals surface area contributed by atoms with Crippen LogP contribution in [0.2, 0.25) is 0 Å². The summed E-state index contributed by atoms with van der Waals surface area (Å²) in [4.78, 5) is 26.7. The van der Waals surface area contributed by atoms with Crippen molar-refractivity contribution in [1.82, 2.24) is 24.4 Å². The van der Waals surface area contributed by atoms with Gasteiger partial charge >= 0.3 is 6.03 Å². The van der Waals surface area contributed by atoms with Crippen molar-refractivity contribution in [1.29, 1.82) is 0 Å². The molecule has 9 heteroatoms. The summed E-state index contributed by atoms with van der Waals surface area (Å²) < 4.78 is 8.10. The second-order valence-electron chi connectivity index (χ2n) is 8.49. The fraction of sp³-hybridized carbons (Fsp3) is 0.154. The average molecular weight is 468 g/mol. The van der Waals surface area contributed by atoms with E-state index in [2.05, 4.69) is 25.6 Å². The molecule has 0 fully saturated rings. The average Bonchev–Trinajstić information content (AvgIpc) is 3.21. The molecule has 0 saturated carbocycles. The van der Waals surface area contributed by atoms with Crippen molar-refractivity contribution < 1.29 is 9.53 Å². The SMILES string of the molecule is Cc1cc(Nc2ncnc3ccc(NC(=O)N(C)C)cc23)ccc1Oc1ccc2c(c1)ncn2C. The molecule has 9 nitrogen and oxygen atoms in total. The van der Waals surface area contributed by atoms with Crippen LogP contribution < -0.4 is 15.4 Å². The Balaban J connectivity index is 1.38. The molecule has 0 unspecified atom stereocenters. The zero-order valence-corrected chi connectivity index (χ0v) is 19.9. The number of hydrogen-bond donors (Lipinski definition) is 2. The topological polar surface area (TPSA) is 97.2 Å². The molecule has 0 spiro atoms. The van der Waals surface area contributed by atoms with Gasteiger partial charge in [-0.1, -0.05) is 0 Å².